The lowest BCUT2D eigenvalue weighted by atomic mass is 10.0. The number of aromatic nitrogens is 3. The zero-order valence-corrected chi connectivity index (χ0v) is 14.5. The molecule has 0 aliphatic carbocycles. The van der Waals surface area contributed by atoms with E-state index in [4.69, 9.17) is 0 Å². The fourth-order valence-corrected chi connectivity index (χ4v) is 3.01. The van der Waals surface area contributed by atoms with E-state index in [1.807, 2.05) is 6.92 Å². The minimum atomic E-state index is -0.737. The topological polar surface area (TPSA) is 123 Å². The van der Waals surface area contributed by atoms with Gasteiger partial charge in [0.1, 0.15) is 11.3 Å². The van der Waals surface area contributed by atoms with Crippen LogP contribution in [0, 0.1) is 0 Å². The van der Waals surface area contributed by atoms with Crippen LogP contribution in [-0.2, 0) is 4.79 Å². The molecule has 0 aromatic carbocycles. The predicted octanol–water partition coefficient (Wildman–Crippen LogP) is 0.267. The highest BCUT2D eigenvalue weighted by Gasteiger charge is 2.29. The third kappa shape index (κ3) is 3.52. The van der Waals surface area contributed by atoms with Crippen LogP contribution in [0.3, 0.4) is 0 Å². The van der Waals surface area contributed by atoms with Crippen LogP contribution in [-0.4, -0.2) is 68.6 Å². The molecule has 2 atom stereocenters. The highest BCUT2D eigenvalue weighted by Crippen LogP contribution is 2.19. The Hall–Kier alpha value is -2.94. The number of amides is 2. The van der Waals surface area contributed by atoms with Gasteiger partial charge in [0.25, 0.3) is 5.91 Å². The summed E-state index contributed by atoms with van der Waals surface area (Å²) in [7, 11) is 0. The second-order valence-electron chi connectivity index (χ2n) is 6.11. The number of aliphatic hydroxyl groups excluding tert-OH is 1. The van der Waals surface area contributed by atoms with Gasteiger partial charge in [-0.3, -0.25) is 9.59 Å². The van der Waals surface area contributed by atoms with E-state index in [-0.39, 0.29) is 24.4 Å². The standard InChI is InChI=1S/C17H22N6O3/c1-3-14(25)23-6-5-11(12(24)9-23)21-13-8-20-16-15(22-13)10(7-19-16)17(26)18-4-2/h3,7-8,11-12,24H,1,4-6,9H2,2H3,(H,18,26)(H,19,20)(H,21,22)/t11-,12-/m1/s1. The van der Waals surface area contributed by atoms with Crippen molar-refractivity contribution in [1.82, 2.24) is 25.2 Å². The molecule has 2 amide bonds. The first-order valence-corrected chi connectivity index (χ1v) is 8.51. The molecule has 0 radical (unpaired) electrons. The van der Waals surface area contributed by atoms with Gasteiger partial charge in [-0.1, -0.05) is 6.58 Å². The summed E-state index contributed by atoms with van der Waals surface area (Å²) in [6.07, 6.45) is 4.20. The van der Waals surface area contributed by atoms with E-state index in [1.165, 1.54) is 6.08 Å². The Labute approximate surface area is 150 Å². The fourth-order valence-electron chi connectivity index (χ4n) is 3.01. The molecule has 26 heavy (non-hydrogen) atoms. The number of nitrogens with zero attached hydrogens (tertiary/aromatic N) is 3. The Bertz CT molecular complexity index is 833. The van der Waals surface area contributed by atoms with Crippen LogP contribution >= 0.6 is 0 Å². The Balaban J connectivity index is 1.75. The summed E-state index contributed by atoms with van der Waals surface area (Å²) in [5.74, 6) is 0.0549. The number of piperidine rings is 1. The molecule has 0 unspecified atom stereocenters. The molecule has 0 bridgehead atoms. The van der Waals surface area contributed by atoms with Crippen LogP contribution in [0.25, 0.3) is 11.2 Å². The number of hydrogen-bond donors (Lipinski definition) is 4. The van der Waals surface area contributed by atoms with Gasteiger partial charge >= 0.3 is 0 Å². The van der Waals surface area contributed by atoms with Gasteiger partial charge in [0.15, 0.2) is 5.65 Å². The van der Waals surface area contributed by atoms with Gasteiger partial charge in [-0.25, -0.2) is 9.97 Å². The Morgan fingerprint density at radius 1 is 1.54 bits per heavy atom. The molecule has 2 aromatic heterocycles. The van der Waals surface area contributed by atoms with Crippen molar-refractivity contribution in [3.8, 4) is 0 Å². The van der Waals surface area contributed by atoms with Crippen LogP contribution in [0.1, 0.15) is 23.7 Å². The summed E-state index contributed by atoms with van der Waals surface area (Å²) < 4.78 is 0. The molecule has 1 fully saturated rings. The molecule has 3 heterocycles. The number of rotatable bonds is 5. The molecule has 138 valence electrons. The van der Waals surface area contributed by atoms with Crippen LogP contribution in [0.2, 0.25) is 0 Å². The second-order valence-corrected chi connectivity index (χ2v) is 6.11. The molecule has 0 saturated carbocycles. The maximum absolute atomic E-state index is 12.1. The van der Waals surface area contributed by atoms with E-state index in [0.717, 1.165) is 0 Å². The average Bonchev–Trinajstić information content (AvgIpc) is 3.06. The summed E-state index contributed by atoms with van der Waals surface area (Å²) in [6, 6.07) is -0.262. The second kappa shape index (κ2) is 7.52. The molecule has 2 aromatic rings. The van der Waals surface area contributed by atoms with E-state index in [1.54, 1.807) is 17.3 Å². The van der Waals surface area contributed by atoms with Gasteiger partial charge in [0, 0.05) is 25.8 Å². The van der Waals surface area contributed by atoms with Crippen LogP contribution in [0.4, 0.5) is 5.82 Å². The van der Waals surface area contributed by atoms with E-state index < -0.39 is 6.10 Å². The summed E-state index contributed by atoms with van der Waals surface area (Å²) in [5, 5.41) is 16.2. The lowest BCUT2D eigenvalue weighted by Gasteiger charge is -2.35. The molecule has 1 aliphatic rings. The molecule has 1 saturated heterocycles. The molecule has 9 heteroatoms. The Morgan fingerprint density at radius 2 is 2.35 bits per heavy atom. The third-order valence-electron chi connectivity index (χ3n) is 4.36. The zero-order chi connectivity index (χ0) is 18.7. The quantitative estimate of drug-likeness (QED) is 0.569. The van der Waals surface area contributed by atoms with Gasteiger partial charge in [-0.2, -0.15) is 0 Å². The summed E-state index contributed by atoms with van der Waals surface area (Å²) in [6.45, 7) is 6.57. The monoisotopic (exact) mass is 358 g/mol. The third-order valence-corrected chi connectivity index (χ3v) is 4.36. The molecular weight excluding hydrogens is 336 g/mol. The largest absolute Gasteiger partial charge is 0.389 e. The SMILES string of the molecule is C=CC(=O)N1CC[C@@H](Nc2cnc3[nH]cc(C(=O)NCC)c3n2)[C@H](O)C1. The predicted molar refractivity (Wildman–Crippen MR) is 96.7 cm³/mol. The summed E-state index contributed by atoms with van der Waals surface area (Å²) in [4.78, 5) is 37.0. The van der Waals surface area contributed by atoms with E-state index in [2.05, 4.69) is 32.2 Å². The van der Waals surface area contributed by atoms with Gasteiger partial charge in [-0.15, -0.1) is 0 Å². The number of carbonyl (C=O) groups excluding carboxylic acids is 2. The maximum atomic E-state index is 12.1. The van der Waals surface area contributed by atoms with E-state index >= 15 is 0 Å². The summed E-state index contributed by atoms with van der Waals surface area (Å²) in [5.41, 5.74) is 1.41. The Morgan fingerprint density at radius 3 is 3.04 bits per heavy atom. The normalized spacial score (nSPS) is 20.0. The van der Waals surface area contributed by atoms with Gasteiger partial charge in [-0.05, 0) is 19.4 Å². The van der Waals surface area contributed by atoms with Crippen molar-refractivity contribution >= 4 is 28.8 Å². The number of likely N-dealkylation sites (tertiary alicyclic amines) is 1. The number of nitrogens with one attached hydrogen (secondary N) is 3. The molecule has 3 rings (SSSR count). The number of fused-ring (bicyclic) bond motifs is 1. The number of carbonyl (C=O) groups is 2. The van der Waals surface area contributed by atoms with E-state index in [0.29, 0.717) is 42.1 Å². The lowest BCUT2D eigenvalue weighted by molar-refractivity contribution is -0.129. The number of H-pyrrole nitrogens is 1. The first-order valence-electron chi connectivity index (χ1n) is 8.51. The Kier molecular flexibility index (Phi) is 5.17. The first-order chi connectivity index (χ1) is 12.5. The first kappa shape index (κ1) is 17.9. The van der Waals surface area contributed by atoms with Crippen molar-refractivity contribution in [2.75, 3.05) is 25.0 Å². The smallest absolute Gasteiger partial charge is 0.255 e. The number of aromatic amines is 1. The molecule has 0 spiro atoms. The van der Waals surface area contributed by atoms with Gasteiger partial charge in [0.05, 0.1) is 23.9 Å². The van der Waals surface area contributed by atoms with Gasteiger partial charge < -0.3 is 25.6 Å². The average molecular weight is 358 g/mol. The van der Waals surface area contributed by atoms with Crippen molar-refractivity contribution in [3.63, 3.8) is 0 Å². The summed E-state index contributed by atoms with van der Waals surface area (Å²) >= 11 is 0. The molecule has 9 nitrogen and oxygen atoms in total. The molecule has 4 N–H and O–H groups in total. The van der Waals surface area contributed by atoms with Crippen LogP contribution < -0.4 is 10.6 Å². The fraction of sp³-hybridized carbons (Fsp3) is 0.412. The highest BCUT2D eigenvalue weighted by molar-refractivity contribution is 6.04. The minimum absolute atomic E-state index is 0.192. The number of anilines is 1. The van der Waals surface area contributed by atoms with Gasteiger partial charge in [0.2, 0.25) is 5.91 Å². The zero-order valence-electron chi connectivity index (χ0n) is 14.5. The highest BCUT2D eigenvalue weighted by atomic mass is 16.3. The minimum Gasteiger partial charge on any atom is -0.389 e. The lowest BCUT2D eigenvalue weighted by Crippen LogP contribution is -2.51. The van der Waals surface area contributed by atoms with Crippen molar-refractivity contribution in [3.05, 3.63) is 30.6 Å². The number of β-amino-alcohol motifs (C(OH)–C–C–N with tert-alkyl or cyclic N) is 1. The van der Waals surface area contributed by atoms with Crippen LogP contribution in [0.5, 0.6) is 0 Å². The van der Waals surface area contributed by atoms with Crippen molar-refractivity contribution in [2.45, 2.75) is 25.5 Å². The van der Waals surface area contributed by atoms with Crippen LogP contribution in [0.15, 0.2) is 25.0 Å². The van der Waals surface area contributed by atoms with Crippen molar-refractivity contribution in [1.29, 1.82) is 0 Å². The van der Waals surface area contributed by atoms with E-state index in [9.17, 15) is 14.7 Å². The molecular formula is C17H22N6O3. The maximum Gasteiger partial charge on any atom is 0.255 e. The van der Waals surface area contributed by atoms with Crippen molar-refractivity contribution < 1.29 is 14.7 Å². The van der Waals surface area contributed by atoms with Crippen molar-refractivity contribution in [2.24, 2.45) is 0 Å². The molecule has 1 aliphatic heterocycles. The number of aliphatic hydroxyl groups is 1. The number of hydrogen-bond acceptors (Lipinski definition) is 6.